The van der Waals surface area contributed by atoms with Crippen LogP contribution < -0.4 is 10.2 Å². The standard InChI is InChI=1S/C24H26F2N4O3/c1-16-6-7-20(30-8-4-5-23(30)31)12-21(16)28-15-29(14-22(33-3)24(32)27-2)13-17-9-18(25)11-19(26)10-17/h6-7,9-12,14,28H,2,4-5,8,13,15H2,1,3H3/b22-14+. The van der Waals surface area contributed by atoms with Crippen molar-refractivity contribution in [2.45, 2.75) is 26.3 Å². The molecule has 1 aliphatic heterocycles. The molecule has 2 amide bonds. The number of ether oxygens (including phenoxy) is 1. The van der Waals surface area contributed by atoms with Gasteiger partial charge >= 0.3 is 5.91 Å². The van der Waals surface area contributed by atoms with E-state index in [4.69, 9.17) is 4.74 Å². The van der Waals surface area contributed by atoms with E-state index in [9.17, 15) is 18.4 Å². The maximum absolute atomic E-state index is 13.7. The van der Waals surface area contributed by atoms with Gasteiger partial charge in [0.05, 0.1) is 13.8 Å². The molecule has 33 heavy (non-hydrogen) atoms. The molecule has 0 radical (unpaired) electrons. The second kappa shape index (κ2) is 10.7. The Morgan fingerprint density at radius 3 is 2.61 bits per heavy atom. The van der Waals surface area contributed by atoms with Crippen LogP contribution >= 0.6 is 0 Å². The quantitative estimate of drug-likeness (QED) is 0.267. The van der Waals surface area contributed by atoms with E-state index in [0.29, 0.717) is 18.5 Å². The first-order chi connectivity index (χ1) is 15.8. The number of hydrogen-bond donors (Lipinski definition) is 1. The molecule has 0 spiro atoms. The molecule has 1 N–H and O–H groups in total. The van der Waals surface area contributed by atoms with Gasteiger partial charge in [0, 0.05) is 43.2 Å². The first kappa shape index (κ1) is 23.9. The van der Waals surface area contributed by atoms with Gasteiger partial charge in [-0.25, -0.2) is 13.8 Å². The number of aliphatic imine (C=N–C) groups is 1. The number of methoxy groups -OCH3 is 1. The van der Waals surface area contributed by atoms with E-state index in [1.807, 2.05) is 25.1 Å². The molecular formula is C24H26F2N4O3. The van der Waals surface area contributed by atoms with Crippen molar-refractivity contribution in [2.75, 3.05) is 30.5 Å². The predicted octanol–water partition coefficient (Wildman–Crippen LogP) is 3.99. The zero-order chi connectivity index (χ0) is 24.0. The number of nitrogens with one attached hydrogen (secondary N) is 1. The molecule has 1 heterocycles. The van der Waals surface area contributed by atoms with Gasteiger partial charge in [0.15, 0.2) is 0 Å². The van der Waals surface area contributed by atoms with Crippen molar-refractivity contribution in [1.29, 1.82) is 0 Å². The van der Waals surface area contributed by atoms with Crippen molar-refractivity contribution in [1.82, 2.24) is 4.90 Å². The van der Waals surface area contributed by atoms with Crippen molar-refractivity contribution in [3.63, 3.8) is 0 Å². The number of amides is 2. The number of aryl methyl sites for hydroxylation is 1. The van der Waals surface area contributed by atoms with E-state index in [1.54, 1.807) is 9.80 Å². The number of rotatable bonds is 9. The predicted molar refractivity (Wildman–Crippen MR) is 123 cm³/mol. The number of benzene rings is 2. The Balaban J connectivity index is 1.85. The lowest BCUT2D eigenvalue weighted by atomic mass is 10.1. The summed E-state index contributed by atoms with van der Waals surface area (Å²) < 4.78 is 32.5. The highest BCUT2D eigenvalue weighted by Crippen LogP contribution is 2.27. The number of anilines is 2. The molecule has 0 aromatic heterocycles. The molecule has 2 aromatic carbocycles. The highest BCUT2D eigenvalue weighted by Gasteiger charge is 2.22. The Morgan fingerprint density at radius 2 is 2.00 bits per heavy atom. The summed E-state index contributed by atoms with van der Waals surface area (Å²) in [5.41, 5.74) is 2.89. The summed E-state index contributed by atoms with van der Waals surface area (Å²) in [6, 6.07) is 8.92. The normalized spacial score (nSPS) is 13.8. The Hall–Kier alpha value is -3.75. The van der Waals surface area contributed by atoms with Crippen LogP contribution in [0.2, 0.25) is 0 Å². The number of carbonyl (C=O) groups is 2. The molecule has 0 bridgehead atoms. The van der Waals surface area contributed by atoms with Crippen molar-refractivity contribution in [3.05, 3.63) is 71.1 Å². The molecule has 174 valence electrons. The average Bonchev–Trinajstić information content (AvgIpc) is 3.21. The molecule has 2 aromatic rings. The first-order valence-corrected chi connectivity index (χ1v) is 10.4. The fourth-order valence-electron chi connectivity index (χ4n) is 3.60. The van der Waals surface area contributed by atoms with Crippen LogP contribution in [-0.4, -0.2) is 43.8 Å². The minimum atomic E-state index is -0.698. The van der Waals surface area contributed by atoms with E-state index in [1.165, 1.54) is 25.4 Å². The van der Waals surface area contributed by atoms with Crippen molar-refractivity contribution >= 4 is 29.9 Å². The molecule has 1 saturated heterocycles. The third kappa shape index (κ3) is 6.15. The van der Waals surface area contributed by atoms with Crippen LogP contribution in [0.25, 0.3) is 0 Å². The largest absolute Gasteiger partial charge is 0.490 e. The second-order valence-electron chi connectivity index (χ2n) is 7.67. The Labute approximate surface area is 191 Å². The summed E-state index contributed by atoms with van der Waals surface area (Å²) >= 11 is 0. The van der Waals surface area contributed by atoms with Crippen LogP contribution in [0.15, 0.2) is 53.3 Å². The van der Waals surface area contributed by atoms with Gasteiger partial charge in [-0.1, -0.05) is 6.07 Å². The lowest BCUT2D eigenvalue weighted by Gasteiger charge is -2.24. The van der Waals surface area contributed by atoms with Crippen LogP contribution in [-0.2, 0) is 20.9 Å². The minimum absolute atomic E-state index is 0.0724. The van der Waals surface area contributed by atoms with Crippen LogP contribution in [0.1, 0.15) is 24.0 Å². The number of carbonyl (C=O) groups excluding carboxylic acids is 2. The maximum atomic E-state index is 13.7. The fraction of sp³-hybridized carbons (Fsp3) is 0.292. The van der Waals surface area contributed by atoms with Gasteiger partial charge in [-0.2, -0.15) is 0 Å². The van der Waals surface area contributed by atoms with Crippen LogP contribution in [0, 0.1) is 18.6 Å². The zero-order valence-corrected chi connectivity index (χ0v) is 18.6. The Kier molecular flexibility index (Phi) is 7.76. The van der Waals surface area contributed by atoms with Gasteiger partial charge in [-0.05, 0) is 55.5 Å². The van der Waals surface area contributed by atoms with Crippen LogP contribution in [0.5, 0.6) is 0 Å². The van der Waals surface area contributed by atoms with Gasteiger partial charge in [-0.3, -0.25) is 9.59 Å². The summed E-state index contributed by atoms with van der Waals surface area (Å²) in [4.78, 5) is 30.8. The second-order valence-corrected chi connectivity index (χ2v) is 7.67. The number of hydrogen-bond acceptors (Lipinski definition) is 5. The third-order valence-electron chi connectivity index (χ3n) is 5.26. The van der Waals surface area contributed by atoms with Crippen LogP contribution in [0.3, 0.4) is 0 Å². The van der Waals surface area contributed by atoms with Crippen molar-refractivity contribution in [3.8, 4) is 0 Å². The molecule has 1 aliphatic rings. The summed E-state index contributed by atoms with van der Waals surface area (Å²) in [5, 5.41) is 3.27. The van der Waals surface area contributed by atoms with E-state index >= 15 is 0 Å². The van der Waals surface area contributed by atoms with E-state index in [0.717, 1.165) is 29.4 Å². The lowest BCUT2D eigenvalue weighted by molar-refractivity contribution is -0.117. The third-order valence-corrected chi connectivity index (χ3v) is 5.26. The fourth-order valence-corrected chi connectivity index (χ4v) is 3.60. The monoisotopic (exact) mass is 456 g/mol. The van der Waals surface area contributed by atoms with Gasteiger partial charge < -0.3 is 19.9 Å². The SMILES string of the molecule is C=NC(=O)/C(=C\N(CNc1cc(N2CCCC2=O)ccc1C)Cc1cc(F)cc(F)c1)OC. The van der Waals surface area contributed by atoms with Crippen molar-refractivity contribution in [2.24, 2.45) is 4.99 Å². The Bertz CT molecular complexity index is 1070. The molecule has 7 nitrogen and oxygen atoms in total. The maximum Gasteiger partial charge on any atom is 0.312 e. The van der Waals surface area contributed by atoms with E-state index < -0.39 is 17.5 Å². The number of nitrogens with zero attached hydrogens (tertiary/aromatic N) is 3. The summed E-state index contributed by atoms with van der Waals surface area (Å²) in [7, 11) is 1.32. The summed E-state index contributed by atoms with van der Waals surface area (Å²) in [5.74, 6) is -2.05. The van der Waals surface area contributed by atoms with Gasteiger partial charge in [0.2, 0.25) is 11.7 Å². The van der Waals surface area contributed by atoms with E-state index in [-0.39, 0.29) is 24.9 Å². The lowest BCUT2D eigenvalue weighted by Crippen LogP contribution is -2.27. The van der Waals surface area contributed by atoms with Gasteiger partial charge in [-0.15, -0.1) is 0 Å². The van der Waals surface area contributed by atoms with E-state index in [2.05, 4.69) is 17.0 Å². The molecule has 0 saturated carbocycles. The molecular weight excluding hydrogens is 430 g/mol. The average molecular weight is 456 g/mol. The first-order valence-electron chi connectivity index (χ1n) is 10.4. The van der Waals surface area contributed by atoms with Crippen molar-refractivity contribution < 1.29 is 23.1 Å². The zero-order valence-electron chi connectivity index (χ0n) is 18.6. The Morgan fingerprint density at radius 1 is 1.27 bits per heavy atom. The smallest absolute Gasteiger partial charge is 0.312 e. The highest BCUT2D eigenvalue weighted by molar-refractivity contribution is 5.96. The van der Waals surface area contributed by atoms with Crippen LogP contribution in [0.4, 0.5) is 20.2 Å². The number of halogens is 2. The molecule has 3 rings (SSSR count). The van der Waals surface area contributed by atoms with Gasteiger partial charge in [0.25, 0.3) is 0 Å². The molecule has 0 unspecified atom stereocenters. The molecule has 1 fully saturated rings. The molecule has 0 aliphatic carbocycles. The minimum Gasteiger partial charge on any atom is -0.490 e. The summed E-state index contributed by atoms with van der Waals surface area (Å²) in [6.07, 6.45) is 2.77. The highest BCUT2D eigenvalue weighted by atomic mass is 19.1. The summed E-state index contributed by atoms with van der Waals surface area (Å²) in [6.45, 7) is 6.07. The molecule has 0 atom stereocenters. The topological polar surface area (TPSA) is 74.2 Å². The van der Waals surface area contributed by atoms with Gasteiger partial charge in [0.1, 0.15) is 11.6 Å². The molecule has 9 heteroatoms.